The number of ketones is 1. The van der Waals surface area contributed by atoms with Crippen molar-refractivity contribution in [2.75, 3.05) is 5.33 Å². The predicted molar refractivity (Wildman–Crippen MR) is 106 cm³/mol. The van der Waals surface area contributed by atoms with Crippen LogP contribution in [0.3, 0.4) is 0 Å². The van der Waals surface area contributed by atoms with E-state index in [1.54, 1.807) is 6.92 Å². The summed E-state index contributed by atoms with van der Waals surface area (Å²) in [6, 6.07) is 6.27. The summed E-state index contributed by atoms with van der Waals surface area (Å²) >= 11 is 3.50. The van der Waals surface area contributed by atoms with Crippen LogP contribution in [0.25, 0.3) is 0 Å². The number of carbonyl (C=O) groups excluding carboxylic acids is 1. The number of carbonyl (C=O) groups is 1. The minimum absolute atomic E-state index is 0.00592. The fourth-order valence-electron chi connectivity index (χ4n) is 3.50. The van der Waals surface area contributed by atoms with Crippen LogP contribution >= 0.6 is 15.9 Å². The first-order valence-corrected chi connectivity index (χ1v) is 10.5. The summed E-state index contributed by atoms with van der Waals surface area (Å²) < 4.78 is 6.17. The first-order chi connectivity index (χ1) is 11.8. The van der Waals surface area contributed by atoms with Crippen molar-refractivity contribution < 1.29 is 14.6 Å². The lowest BCUT2D eigenvalue weighted by atomic mass is 9.79. The number of halogens is 1. The molecule has 3 nitrogen and oxygen atoms in total. The fraction of sp³-hybridized carbons (Fsp3) is 0.667. The first-order valence-electron chi connectivity index (χ1n) is 9.38. The van der Waals surface area contributed by atoms with Crippen molar-refractivity contribution in [2.24, 2.45) is 0 Å². The molecule has 0 saturated carbocycles. The molecule has 1 heterocycles. The van der Waals surface area contributed by atoms with Crippen molar-refractivity contribution in [3.05, 3.63) is 29.3 Å². The zero-order valence-corrected chi connectivity index (χ0v) is 17.3. The molecule has 0 aromatic heterocycles. The Bertz CT molecular complexity index is 583. The molecule has 0 amide bonds. The van der Waals surface area contributed by atoms with Crippen LogP contribution in [-0.2, 0) is 10.2 Å². The molecule has 0 spiro atoms. The fourth-order valence-corrected chi connectivity index (χ4v) is 3.89. The van der Waals surface area contributed by atoms with Crippen LogP contribution in [0.4, 0.5) is 0 Å². The van der Waals surface area contributed by atoms with Crippen molar-refractivity contribution in [1.29, 1.82) is 0 Å². The lowest BCUT2D eigenvalue weighted by Gasteiger charge is -2.32. The SMILES string of the molecule is CC(=O)CCCC1CC(O)c2ccc(C(C)(C)CCCCBr)cc2O1. The Morgan fingerprint density at radius 1 is 1.32 bits per heavy atom. The van der Waals surface area contributed by atoms with Crippen molar-refractivity contribution in [2.45, 2.75) is 83.3 Å². The van der Waals surface area contributed by atoms with Crippen LogP contribution in [0.1, 0.15) is 82.9 Å². The van der Waals surface area contributed by atoms with Gasteiger partial charge in [-0.25, -0.2) is 0 Å². The van der Waals surface area contributed by atoms with E-state index in [4.69, 9.17) is 4.74 Å². The van der Waals surface area contributed by atoms with Gasteiger partial charge in [-0.3, -0.25) is 0 Å². The van der Waals surface area contributed by atoms with Crippen molar-refractivity contribution >= 4 is 21.7 Å². The lowest BCUT2D eigenvalue weighted by molar-refractivity contribution is -0.117. The molecule has 1 aliphatic rings. The molecular weight excluding hydrogens is 380 g/mol. The van der Waals surface area contributed by atoms with Gasteiger partial charge < -0.3 is 14.6 Å². The van der Waals surface area contributed by atoms with E-state index in [1.165, 1.54) is 18.4 Å². The van der Waals surface area contributed by atoms with Gasteiger partial charge in [-0.2, -0.15) is 0 Å². The Morgan fingerprint density at radius 3 is 2.76 bits per heavy atom. The maximum atomic E-state index is 11.1. The van der Waals surface area contributed by atoms with E-state index in [2.05, 4.69) is 41.9 Å². The number of Topliss-reactive ketones (excluding diaryl/α,β-unsaturated/α-hetero) is 1. The second kappa shape index (κ2) is 9.18. The van der Waals surface area contributed by atoms with Crippen LogP contribution < -0.4 is 4.74 Å². The van der Waals surface area contributed by atoms with Gasteiger partial charge in [0.1, 0.15) is 17.6 Å². The number of benzene rings is 1. The highest BCUT2D eigenvalue weighted by Crippen LogP contribution is 2.40. The van der Waals surface area contributed by atoms with Gasteiger partial charge in [0.05, 0.1) is 6.10 Å². The van der Waals surface area contributed by atoms with E-state index in [0.29, 0.717) is 12.8 Å². The summed E-state index contributed by atoms with van der Waals surface area (Å²) in [5.74, 6) is 1.03. The van der Waals surface area contributed by atoms with E-state index in [-0.39, 0.29) is 17.3 Å². The predicted octanol–water partition coefficient (Wildman–Crippen LogP) is 5.47. The number of ether oxygens (including phenoxy) is 1. The van der Waals surface area contributed by atoms with Crippen molar-refractivity contribution in [3.63, 3.8) is 0 Å². The van der Waals surface area contributed by atoms with Crippen LogP contribution in [0, 0.1) is 0 Å². The second-order valence-corrected chi connectivity index (χ2v) is 8.66. The Hall–Kier alpha value is -0.870. The normalized spacial score (nSPS) is 20.0. The van der Waals surface area contributed by atoms with Crippen molar-refractivity contribution in [3.8, 4) is 5.75 Å². The average Bonchev–Trinajstić information content (AvgIpc) is 2.54. The molecule has 140 valence electrons. The number of aliphatic hydroxyl groups excluding tert-OH is 1. The third kappa shape index (κ3) is 5.82. The van der Waals surface area contributed by atoms with E-state index >= 15 is 0 Å². The molecule has 2 rings (SSSR count). The summed E-state index contributed by atoms with van der Waals surface area (Å²) in [7, 11) is 0. The molecule has 2 atom stereocenters. The standard InChI is InChI=1S/C21H31BrO3/c1-15(23)7-6-8-17-14-19(24)18-10-9-16(13-20(18)25-17)21(2,3)11-4-5-12-22/h9-10,13,17,19,24H,4-8,11-12,14H2,1-3H3. The minimum Gasteiger partial charge on any atom is -0.490 e. The van der Waals surface area contributed by atoms with Gasteiger partial charge in [0.15, 0.2) is 0 Å². The number of rotatable bonds is 9. The van der Waals surface area contributed by atoms with Crippen LogP contribution in [0.5, 0.6) is 5.75 Å². The zero-order valence-electron chi connectivity index (χ0n) is 15.7. The summed E-state index contributed by atoms with van der Waals surface area (Å²) in [6.07, 6.45) is 5.85. The molecule has 0 bridgehead atoms. The molecule has 0 fully saturated rings. The van der Waals surface area contributed by atoms with Gasteiger partial charge >= 0.3 is 0 Å². The van der Waals surface area contributed by atoms with Crippen LogP contribution in [-0.4, -0.2) is 22.3 Å². The summed E-state index contributed by atoms with van der Waals surface area (Å²) in [5.41, 5.74) is 2.24. The van der Waals surface area contributed by atoms with Gasteiger partial charge in [-0.05, 0) is 49.7 Å². The molecule has 2 unspecified atom stereocenters. The van der Waals surface area contributed by atoms with Gasteiger partial charge in [0.2, 0.25) is 0 Å². The molecule has 4 heteroatoms. The van der Waals surface area contributed by atoms with E-state index < -0.39 is 6.10 Å². The Kier molecular flexibility index (Phi) is 7.51. The van der Waals surface area contributed by atoms with Crippen molar-refractivity contribution in [1.82, 2.24) is 0 Å². The molecule has 1 aromatic rings. The first kappa shape index (κ1) is 20.4. The van der Waals surface area contributed by atoms with Gasteiger partial charge in [0, 0.05) is 23.7 Å². The lowest BCUT2D eigenvalue weighted by Crippen LogP contribution is -2.26. The molecule has 0 aliphatic carbocycles. The number of fused-ring (bicyclic) bond motifs is 1. The average molecular weight is 411 g/mol. The summed E-state index contributed by atoms with van der Waals surface area (Å²) in [5, 5.41) is 11.5. The molecule has 1 N–H and O–H groups in total. The third-order valence-electron chi connectivity index (χ3n) is 5.17. The number of alkyl halides is 1. The number of unbranched alkanes of at least 4 members (excludes halogenated alkanes) is 1. The molecule has 0 radical (unpaired) electrons. The van der Waals surface area contributed by atoms with Gasteiger partial charge in [-0.1, -0.05) is 48.3 Å². The third-order valence-corrected chi connectivity index (χ3v) is 5.73. The van der Waals surface area contributed by atoms with Gasteiger partial charge in [0.25, 0.3) is 0 Å². The van der Waals surface area contributed by atoms with Crippen LogP contribution in [0.15, 0.2) is 18.2 Å². The smallest absolute Gasteiger partial charge is 0.129 e. The Balaban J connectivity index is 2.08. The Labute approximate surface area is 160 Å². The van der Waals surface area contributed by atoms with E-state index in [9.17, 15) is 9.90 Å². The molecule has 0 saturated heterocycles. The Morgan fingerprint density at radius 2 is 2.08 bits per heavy atom. The topological polar surface area (TPSA) is 46.5 Å². The number of hydrogen-bond donors (Lipinski definition) is 1. The zero-order chi connectivity index (χ0) is 18.4. The van der Waals surface area contributed by atoms with Gasteiger partial charge in [-0.15, -0.1) is 0 Å². The number of aliphatic hydroxyl groups is 1. The largest absolute Gasteiger partial charge is 0.490 e. The van der Waals surface area contributed by atoms with E-state index in [1.807, 2.05) is 6.07 Å². The number of hydrogen-bond acceptors (Lipinski definition) is 3. The maximum absolute atomic E-state index is 11.1. The minimum atomic E-state index is -0.475. The quantitative estimate of drug-likeness (QED) is 0.433. The highest BCUT2D eigenvalue weighted by molar-refractivity contribution is 9.09. The molecular formula is C21H31BrO3. The highest BCUT2D eigenvalue weighted by atomic mass is 79.9. The molecule has 1 aromatic carbocycles. The molecule has 1 aliphatic heterocycles. The highest BCUT2D eigenvalue weighted by Gasteiger charge is 2.29. The maximum Gasteiger partial charge on any atom is 0.129 e. The second-order valence-electron chi connectivity index (χ2n) is 7.87. The monoisotopic (exact) mass is 410 g/mol. The van der Waals surface area contributed by atoms with E-state index in [0.717, 1.165) is 35.9 Å². The molecule has 25 heavy (non-hydrogen) atoms. The summed E-state index contributed by atoms with van der Waals surface area (Å²) in [4.78, 5) is 11.1. The van der Waals surface area contributed by atoms with Crippen LogP contribution in [0.2, 0.25) is 0 Å². The summed E-state index contributed by atoms with van der Waals surface area (Å²) in [6.45, 7) is 6.16.